The van der Waals surface area contributed by atoms with E-state index in [1.807, 2.05) is 56.3 Å². The Morgan fingerprint density at radius 2 is 1.63 bits per heavy atom. The first kappa shape index (κ1) is 30.5. The average molecular weight is 525 g/mol. The summed E-state index contributed by atoms with van der Waals surface area (Å²) in [5.41, 5.74) is 6.72. The monoisotopic (exact) mass is 524 g/mol. The second-order valence-electron chi connectivity index (χ2n) is 9.67. The summed E-state index contributed by atoms with van der Waals surface area (Å²) in [7, 11) is 1.51. The molecule has 2 rings (SSSR count). The van der Waals surface area contributed by atoms with Gasteiger partial charge in [0.25, 0.3) is 0 Å². The van der Waals surface area contributed by atoms with Crippen LogP contribution >= 0.6 is 0 Å². The van der Waals surface area contributed by atoms with E-state index in [1.165, 1.54) is 13.4 Å². The van der Waals surface area contributed by atoms with Crippen LogP contribution in [0.3, 0.4) is 0 Å². The van der Waals surface area contributed by atoms with Crippen LogP contribution in [-0.2, 0) is 27.2 Å². The molecule has 0 heterocycles. The molecule has 3 atom stereocenters. The lowest BCUT2D eigenvalue weighted by atomic mass is 9.80. The normalized spacial score (nSPS) is 13.5. The van der Waals surface area contributed by atoms with Gasteiger partial charge in [0.2, 0.25) is 17.7 Å². The number of hydrogen-bond donors (Lipinski definition) is 6. The van der Waals surface area contributed by atoms with Crippen molar-refractivity contribution in [3.8, 4) is 0 Å². The van der Waals surface area contributed by atoms with Gasteiger partial charge in [-0.2, -0.15) is 0 Å². The number of carbonyl (C=O) groups is 3. The molecule has 0 spiro atoms. The third-order valence-corrected chi connectivity index (χ3v) is 6.36. The minimum atomic E-state index is -0.843. The third kappa shape index (κ3) is 9.95. The average Bonchev–Trinajstić information content (AvgIpc) is 2.93. The van der Waals surface area contributed by atoms with E-state index >= 15 is 0 Å². The van der Waals surface area contributed by atoms with Crippen molar-refractivity contribution < 1.29 is 19.6 Å². The first-order valence-corrected chi connectivity index (χ1v) is 12.9. The Morgan fingerprint density at radius 1 is 0.947 bits per heavy atom. The maximum absolute atomic E-state index is 13.6. The number of benzene rings is 2. The van der Waals surface area contributed by atoms with Crippen molar-refractivity contribution in [3.05, 3.63) is 65.7 Å². The van der Waals surface area contributed by atoms with Crippen molar-refractivity contribution in [2.45, 2.75) is 52.0 Å². The highest BCUT2D eigenvalue weighted by molar-refractivity contribution is 5.91. The number of likely N-dealkylation sites (N-methyl/N-ethyl adjacent to an activating group) is 1. The Morgan fingerprint density at radius 3 is 2.21 bits per heavy atom. The fraction of sp³-hybridized carbons (Fsp3) is 0.429. The number of hydroxylamine groups is 1. The molecule has 0 saturated heterocycles. The summed E-state index contributed by atoms with van der Waals surface area (Å²) in [6.45, 7) is 3.94. The van der Waals surface area contributed by atoms with Crippen LogP contribution in [0.25, 0.3) is 0 Å². The second-order valence-corrected chi connectivity index (χ2v) is 9.67. The Bertz CT molecular complexity index is 1040. The number of aryl methyl sites for hydroxylation is 1. The molecule has 2 aromatic rings. The van der Waals surface area contributed by atoms with Crippen LogP contribution in [0.2, 0.25) is 0 Å². The number of nitrogens with one attached hydrogen (secondary N) is 4. The maximum atomic E-state index is 13.6. The fourth-order valence-electron chi connectivity index (χ4n) is 4.46. The van der Waals surface area contributed by atoms with E-state index in [0.717, 1.165) is 17.5 Å². The SMILES string of the molecule is CNC(=O)C(Cc1ccc(N=CNN)cc1)NC(=O)C(CC(C)C)C(CCCc1ccccc1)C(=O)NO. The largest absolute Gasteiger partial charge is 0.357 e. The summed E-state index contributed by atoms with van der Waals surface area (Å²) in [5, 5.41) is 14.9. The van der Waals surface area contributed by atoms with E-state index in [1.54, 1.807) is 17.6 Å². The smallest absolute Gasteiger partial charge is 0.247 e. The predicted molar refractivity (Wildman–Crippen MR) is 147 cm³/mol. The number of hydrogen-bond acceptors (Lipinski definition) is 6. The zero-order chi connectivity index (χ0) is 27.9. The number of hydrazine groups is 1. The number of amides is 3. The molecule has 0 aliphatic rings. The van der Waals surface area contributed by atoms with Crippen LogP contribution in [-0.4, -0.2) is 42.4 Å². The van der Waals surface area contributed by atoms with Crippen LogP contribution in [0.4, 0.5) is 5.69 Å². The Labute approximate surface area is 224 Å². The highest BCUT2D eigenvalue weighted by atomic mass is 16.5. The lowest BCUT2D eigenvalue weighted by molar-refractivity contribution is -0.142. The third-order valence-electron chi connectivity index (χ3n) is 6.36. The van der Waals surface area contributed by atoms with Gasteiger partial charge in [-0.05, 0) is 54.9 Å². The van der Waals surface area contributed by atoms with Gasteiger partial charge in [-0.1, -0.05) is 56.3 Å². The first-order valence-electron chi connectivity index (χ1n) is 12.9. The molecule has 2 aromatic carbocycles. The van der Waals surface area contributed by atoms with Crippen molar-refractivity contribution in [2.24, 2.45) is 28.6 Å². The molecule has 38 heavy (non-hydrogen) atoms. The van der Waals surface area contributed by atoms with Crippen LogP contribution in [0, 0.1) is 17.8 Å². The number of carbonyl (C=O) groups excluding carboxylic acids is 3. The van der Waals surface area contributed by atoms with Gasteiger partial charge in [-0.25, -0.2) is 16.3 Å². The Hall–Kier alpha value is -3.76. The van der Waals surface area contributed by atoms with Crippen LogP contribution < -0.4 is 27.4 Å². The minimum absolute atomic E-state index is 0.114. The zero-order valence-corrected chi connectivity index (χ0v) is 22.3. The highest BCUT2D eigenvalue weighted by Crippen LogP contribution is 2.27. The predicted octanol–water partition coefficient (Wildman–Crippen LogP) is 2.39. The Kier molecular flexibility index (Phi) is 13.0. The molecule has 0 aliphatic heterocycles. The molecule has 3 unspecified atom stereocenters. The van der Waals surface area contributed by atoms with Crippen molar-refractivity contribution >= 4 is 29.7 Å². The minimum Gasteiger partial charge on any atom is -0.357 e. The van der Waals surface area contributed by atoms with Gasteiger partial charge >= 0.3 is 0 Å². The maximum Gasteiger partial charge on any atom is 0.247 e. The van der Waals surface area contributed by atoms with Crippen molar-refractivity contribution in [2.75, 3.05) is 7.05 Å². The summed E-state index contributed by atoms with van der Waals surface area (Å²) in [4.78, 5) is 43.1. The van der Waals surface area contributed by atoms with Crippen molar-refractivity contribution in [3.63, 3.8) is 0 Å². The number of rotatable bonds is 15. The van der Waals surface area contributed by atoms with Gasteiger partial charge < -0.3 is 16.1 Å². The molecule has 0 aromatic heterocycles. The lowest BCUT2D eigenvalue weighted by Crippen LogP contribution is -2.51. The quantitative estimate of drug-likeness (QED) is 0.0690. The second kappa shape index (κ2) is 16.2. The number of nitrogens with two attached hydrogens (primary N) is 1. The van der Waals surface area contributed by atoms with Gasteiger partial charge in [-0.3, -0.25) is 19.6 Å². The summed E-state index contributed by atoms with van der Waals surface area (Å²) < 4.78 is 0. The zero-order valence-electron chi connectivity index (χ0n) is 22.3. The van der Waals surface area contributed by atoms with Gasteiger partial charge in [0.1, 0.15) is 12.4 Å². The molecular formula is C28H40N6O4. The molecule has 10 heteroatoms. The summed E-state index contributed by atoms with van der Waals surface area (Å²) in [5.74, 6) is 2.52. The topological polar surface area (TPSA) is 158 Å². The number of aliphatic imine (C=N–C) groups is 1. The van der Waals surface area contributed by atoms with Crippen LogP contribution in [0.5, 0.6) is 0 Å². The van der Waals surface area contributed by atoms with Crippen LogP contribution in [0.15, 0.2) is 59.6 Å². The molecule has 0 saturated carbocycles. The molecule has 7 N–H and O–H groups in total. The van der Waals surface area contributed by atoms with Gasteiger partial charge in [0, 0.05) is 19.4 Å². The molecule has 3 amide bonds. The molecule has 0 aliphatic carbocycles. The summed E-state index contributed by atoms with van der Waals surface area (Å²) in [6.07, 6.45) is 3.86. The van der Waals surface area contributed by atoms with Crippen molar-refractivity contribution in [1.82, 2.24) is 21.5 Å². The highest BCUT2D eigenvalue weighted by Gasteiger charge is 2.35. The van der Waals surface area contributed by atoms with E-state index in [4.69, 9.17) is 5.84 Å². The standard InChI is InChI=1S/C28H40N6O4/c1-19(2)16-24(23(27(36)34-38)11-7-10-20-8-5-4-6-9-20)26(35)33-25(28(37)30-3)17-21-12-14-22(15-13-21)31-18-32-29/h4-6,8-9,12-15,18-19,23-25,38H,7,10-11,16-17,29H2,1-3H3,(H,30,37)(H,31,32)(H,33,35)(H,34,36). The van der Waals surface area contributed by atoms with Gasteiger partial charge in [0.15, 0.2) is 0 Å². The van der Waals surface area contributed by atoms with Gasteiger partial charge in [0.05, 0.1) is 11.6 Å². The van der Waals surface area contributed by atoms with E-state index in [9.17, 15) is 19.6 Å². The number of nitrogens with zero attached hydrogens (tertiary/aromatic N) is 1. The summed E-state index contributed by atoms with van der Waals surface area (Å²) >= 11 is 0. The Balaban J connectivity index is 2.20. The van der Waals surface area contributed by atoms with E-state index in [0.29, 0.717) is 24.9 Å². The molecular weight excluding hydrogens is 484 g/mol. The van der Waals surface area contributed by atoms with E-state index < -0.39 is 29.7 Å². The fourth-order valence-corrected chi connectivity index (χ4v) is 4.46. The van der Waals surface area contributed by atoms with E-state index in [-0.39, 0.29) is 18.2 Å². The molecule has 0 fully saturated rings. The molecule has 10 nitrogen and oxygen atoms in total. The van der Waals surface area contributed by atoms with Gasteiger partial charge in [-0.15, -0.1) is 0 Å². The molecule has 206 valence electrons. The van der Waals surface area contributed by atoms with Crippen molar-refractivity contribution in [1.29, 1.82) is 0 Å². The molecule has 0 radical (unpaired) electrons. The molecule has 0 bridgehead atoms. The van der Waals surface area contributed by atoms with Crippen LogP contribution in [0.1, 0.15) is 44.2 Å². The first-order chi connectivity index (χ1) is 18.3. The van der Waals surface area contributed by atoms with E-state index in [2.05, 4.69) is 21.1 Å². The summed E-state index contributed by atoms with van der Waals surface area (Å²) in [6, 6.07) is 16.2. The lowest BCUT2D eigenvalue weighted by Gasteiger charge is -2.28.